The molecule has 0 aromatic heterocycles. The van der Waals surface area contributed by atoms with E-state index in [1.54, 1.807) is 0 Å². The van der Waals surface area contributed by atoms with Gasteiger partial charge in [-0.1, -0.05) is 74.9 Å². The minimum absolute atomic E-state index is 0. The molecule has 0 amide bonds. The van der Waals surface area contributed by atoms with Gasteiger partial charge >= 0.3 is 137 Å². The molecule has 0 nitrogen and oxygen atoms in total. The summed E-state index contributed by atoms with van der Waals surface area (Å²) in [5, 5.41) is 0. The molecule has 0 heterocycles. The molecule has 0 bridgehead atoms. The van der Waals surface area contributed by atoms with Crippen molar-refractivity contribution >= 4 is 3.21 Å². The third kappa shape index (κ3) is 10.6. The van der Waals surface area contributed by atoms with Gasteiger partial charge in [-0.2, -0.15) is 41.5 Å². The summed E-state index contributed by atoms with van der Waals surface area (Å²) < 4.78 is 76.7. The zero-order valence-electron chi connectivity index (χ0n) is 26.1. The Balaban J connectivity index is 0.000000261. The predicted molar refractivity (Wildman–Crippen MR) is 164 cm³/mol. The van der Waals surface area contributed by atoms with Crippen molar-refractivity contribution in [1.82, 2.24) is 0 Å². The van der Waals surface area contributed by atoms with E-state index in [2.05, 4.69) is 82.3 Å². The van der Waals surface area contributed by atoms with Crippen molar-refractivity contribution in [2.24, 2.45) is 11.8 Å². The first-order chi connectivity index (χ1) is 21.1. The average molecular weight is 765 g/mol. The Kier molecular flexibility index (Phi) is 14.7. The normalized spacial score (nSPS) is 14.5. The van der Waals surface area contributed by atoms with Crippen molar-refractivity contribution in [2.45, 2.75) is 46.5 Å². The van der Waals surface area contributed by atoms with Gasteiger partial charge in [0.15, 0.2) is 0 Å². The standard InChI is InChI=1S/C15H8F6.C13H9.C10H15.2ClH.Zr/c16-14(17,18)12-5-1-3-10(8-12)7-11-4-2-6-13(9-11)15(19,20)21;1-3-7-12-10(5-1)9-11-6-2-4-8-13(11)12;1-7(2)10-6-8(3)5-9(10)4;;;/h1-6,8-9H;1-5,7-8H,9H2;6-8H,1-4H3;2*1H;/q;2*-1;;;+2/p-2. The molecule has 0 saturated carbocycles. The van der Waals surface area contributed by atoms with Crippen LogP contribution in [0.1, 0.15) is 61.1 Å². The summed E-state index contributed by atoms with van der Waals surface area (Å²) in [7, 11) is 0. The maximum absolute atomic E-state index is 12.7. The second-order valence-corrected chi connectivity index (χ2v) is 12.5. The van der Waals surface area contributed by atoms with Gasteiger partial charge in [0.25, 0.3) is 0 Å². The fourth-order valence-electron chi connectivity index (χ4n) is 5.35. The Morgan fingerprint density at radius 1 is 0.766 bits per heavy atom. The van der Waals surface area contributed by atoms with E-state index in [-0.39, 0.29) is 35.9 Å². The Morgan fingerprint density at radius 2 is 1.30 bits per heavy atom. The Morgan fingerprint density at radius 3 is 1.77 bits per heavy atom. The van der Waals surface area contributed by atoms with Gasteiger partial charge in [-0.3, -0.25) is 6.08 Å². The Labute approximate surface area is 300 Å². The molecule has 6 rings (SSSR count). The van der Waals surface area contributed by atoms with Crippen molar-refractivity contribution < 1.29 is 75.4 Å². The van der Waals surface area contributed by atoms with Gasteiger partial charge in [0, 0.05) is 0 Å². The van der Waals surface area contributed by atoms with Gasteiger partial charge in [0.2, 0.25) is 0 Å². The van der Waals surface area contributed by atoms with Crippen LogP contribution in [0.4, 0.5) is 26.3 Å². The number of alkyl halides is 6. The van der Waals surface area contributed by atoms with Gasteiger partial charge < -0.3 is 24.8 Å². The second-order valence-electron chi connectivity index (χ2n) is 11.3. The van der Waals surface area contributed by atoms with Crippen LogP contribution in [0.2, 0.25) is 0 Å². The number of fused-ring (bicyclic) bond motifs is 3. The third-order valence-electron chi connectivity index (χ3n) is 7.50. The zero-order valence-corrected chi connectivity index (χ0v) is 30.1. The van der Waals surface area contributed by atoms with Gasteiger partial charge in [0.05, 0.1) is 0 Å². The molecule has 9 heteroatoms. The molecular weight excluding hydrogens is 733 g/mol. The molecule has 0 saturated heterocycles. The van der Waals surface area contributed by atoms with E-state index >= 15 is 0 Å². The second kappa shape index (κ2) is 17.1. The van der Waals surface area contributed by atoms with E-state index in [1.165, 1.54) is 57.7 Å². The van der Waals surface area contributed by atoms with Crippen LogP contribution in [0.25, 0.3) is 11.1 Å². The van der Waals surface area contributed by atoms with E-state index in [4.69, 9.17) is 0 Å². The summed E-state index contributed by atoms with van der Waals surface area (Å²) in [6.45, 7) is 8.79. The first kappa shape index (κ1) is 40.4. The first-order valence-electron chi connectivity index (χ1n) is 14.5. The molecule has 246 valence electrons. The van der Waals surface area contributed by atoms with Gasteiger partial charge in [-0.15, -0.1) is 5.56 Å². The quantitative estimate of drug-likeness (QED) is 0.182. The van der Waals surface area contributed by atoms with E-state index in [1.807, 2.05) is 6.07 Å². The summed E-state index contributed by atoms with van der Waals surface area (Å²) in [4.78, 5) is 0. The smallest absolute Gasteiger partial charge is 0.0253 e. The molecule has 1 atom stereocenters. The van der Waals surface area contributed by atoms with Crippen LogP contribution in [0.15, 0.2) is 108 Å². The molecule has 0 aliphatic heterocycles. The number of hydrogen-bond acceptors (Lipinski definition) is 0. The molecule has 0 radical (unpaired) electrons. The molecule has 4 aromatic rings. The van der Waals surface area contributed by atoms with Crippen LogP contribution >= 0.6 is 0 Å². The molecule has 0 spiro atoms. The average Bonchev–Trinajstić information content (AvgIpc) is 3.55. The van der Waals surface area contributed by atoms with E-state index in [0.29, 0.717) is 15.0 Å². The predicted octanol–water partition coefficient (Wildman–Crippen LogP) is 4.87. The number of allylic oxidation sites excluding steroid dienone is 4. The van der Waals surface area contributed by atoms with Crippen molar-refractivity contribution in [3.8, 4) is 11.1 Å². The van der Waals surface area contributed by atoms with Crippen LogP contribution in [-0.4, -0.2) is 3.21 Å². The van der Waals surface area contributed by atoms with Crippen molar-refractivity contribution in [3.05, 3.63) is 154 Å². The summed E-state index contributed by atoms with van der Waals surface area (Å²) in [5.41, 5.74) is 7.24. The van der Waals surface area contributed by atoms with E-state index in [9.17, 15) is 26.3 Å². The fraction of sp³-hybridized carbons (Fsp3) is 0.237. The van der Waals surface area contributed by atoms with Crippen LogP contribution in [0.3, 0.4) is 0 Å². The fourth-order valence-corrected chi connectivity index (χ4v) is 6.12. The summed E-state index contributed by atoms with van der Waals surface area (Å²) >= 11 is 0.729. The molecule has 2 aliphatic carbocycles. The number of benzene rings is 4. The summed E-state index contributed by atoms with van der Waals surface area (Å²) in [5.74, 6) is 1.20. The zero-order chi connectivity index (χ0) is 32.9. The molecular formula is C38H32Cl2F6Zr-2. The third-order valence-corrected chi connectivity index (χ3v) is 8.92. The maximum atomic E-state index is 12.7. The van der Waals surface area contributed by atoms with Crippen molar-refractivity contribution in [3.63, 3.8) is 0 Å². The minimum Gasteiger partial charge on any atom is -1.00 e. The van der Waals surface area contributed by atoms with Crippen LogP contribution in [0, 0.1) is 24.0 Å². The maximum Gasteiger partial charge on any atom is -0.0253 e. The molecule has 0 fully saturated rings. The number of hydrogen-bond donors (Lipinski definition) is 0. The molecule has 1 unspecified atom stereocenters. The van der Waals surface area contributed by atoms with Crippen molar-refractivity contribution in [1.29, 1.82) is 0 Å². The largest absolute Gasteiger partial charge is 1.00 e. The molecule has 47 heavy (non-hydrogen) atoms. The van der Waals surface area contributed by atoms with E-state index in [0.717, 1.165) is 54.9 Å². The molecule has 0 N–H and O–H groups in total. The molecule has 4 aromatic carbocycles. The topological polar surface area (TPSA) is 0 Å². The Hall–Kier alpha value is -2.73. The summed E-state index contributed by atoms with van der Waals surface area (Å²) in [6, 6.07) is 27.3. The van der Waals surface area contributed by atoms with Crippen LogP contribution < -0.4 is 24.8 Å². The number of rotatable bonds is 3. The minimum atomic E-state index is -4.49. The summed E-state index contributed by atoms with van der Waals surface area (Å²) in [6.07, 6.45) is -2.25. The van der Waals surface area contributed by atoms with Gasteiger partial charge in [-0.05, 0) is 6.42 Å². The monoisotopic (exact) mass is 762 g/mol. The van der Waals surface area contributed by atoms with Crippen LogP contribution in [-0.2, 0) is 43.0 Å². The van der Waals surface area contributed by atoms with Crippen LogP contribution in [0.5, 0.6) is 0 Å². The van der Waals surface area contributed by atoms with Gasteiger partial charge in [0.1, 0.15) is 0 Å². The van der Waals surface area contributed by atoms with Crippen molar-refractivity contribution in [2.75, 3.05) is 0 Å². The van der Waals surface area contributed by atoms with E-state index < -0.39 is 23.5 Å². The Bertz CT molecular complexity index is 1630. The molecule has 2 aliphatic rings. The SMILES string of the molecule is CC1=[C-]C(C)C=C1C(C)C.FC(F)(F)c1cccc([C](=[Zr+2])c2cccc(C(F)(F)F)c2)c1.[Cl-].[Cl-].[c-]1cccc2c1Cc1ccccc1-2. The first-order valence-corrected chi connectivity index (χ1v) is 15.7. The van der Waals surface area contributed by atoms with Gasteiger partial charge in [-0.25, -0.2) is 5.57 Å². The number of halogens is 8.